The van der Waals surface area contributed by atoms with Crippen molar-refractivity contribution < 1.29 is 4.79 Å². The van der Waals surface area contributed by atoms with Gasteiger partial charge >= 0.3 is 0 Å². The molecule has 0 spiro atoms. The summed E-state index contributed by atoms with van der Waals surface area (Å²) in [6, 6.07) is 6.90. The topological polar surface area (TPSA) is 96.7 Å². The molecular formula is C15H21N5O. The number of carbonyl (C=O) groups excluding carboxylic acids is 1. The van der Waals surface area contributed by atoms with Crippen molar-refractivity contribution in [2.24, 2.45) is 11.7 Å². The van der Waals surface area contributed by atoms with Gasteiger partial charge in [0.1, 0.15) is 5.82 Å². The third-order valence-corrected chi connectivity index (χ3v) is 3.55. The van der Waals surface area contributed by atoms with Crippen molar-refractivity contribution in [2.75, 3.05) is 5.32 Å². The number of hydrogen-bond donors (Lipinski definition) is 3. The van der Waals surface area contributed by atoms with Crippen molar-refractivity contribution in [3.63, 3.8) is 0 Å². The van der Waals surface area contributed by atoms with Crippen LogP contribution in [-0.2, 0) is 4.79 Å². The van der Waals surface area contributed by atoms with Gasteiger partial charge in [-0.15, -0.1) is 0 Å². The number of amides is 1. The summed E-state index contributed by atoms with van der Waals surface area (Å²) in [5.74, 6) is 1.32. The Balaban J connectivity index is 2.13. The molecule has 1 aromatic carbocycles. The van der Waals surface area contributed by atoms with Gasteiger partial charge in [0.25, 0.3) is 0 Å². The van der Waals surface area contributed by atoms with E-state index in [9.17, 15) is 4.79 Å². The molecule has 21 heavy (non-hydrogen) atoms. The molecule has 6 heteroatoms. The molecule has 0 aliphatic rings. The normalized spacial score (nSPS) is 13.7. The fraction of sp³-hybridized carbons (Fsp3) is 0.400. The molecule has 0 fully saturated rings. The fourth-order valence-electron chi connectivity index (χ4n) is 1.95. The van der Waals surface area contributed by atoms with Crippen LogP contribution in [0.5, 0.6) is 0 Å². The average Bonchev–Trinajstić information content (AvgIpc) is 2.92. The second-order valence-corrected chi connectivity index (χ2v) is 5.23. The number of nitrogens with zero attached hydrogens (tertiary/aromatic N) is 2. The molecular weight excluding hydrogens is 266 g/mol. The first-order valence-electron chi connectivity index (χ1n) is 7.07. The molecule has 2 atom stereocenters. The monoisotopic (exact) mass is 287 g/mol. The first-order valence-corrected chi connectivity index (χ1v) is 7.07. The minimum absolute atomic E-state index is 0.142. The predicted molar refractivity (Wildman–Crippen MR) is 82.6 cm³/mol. The Labute approximate surface area is 124 Å². The molecule has 2 aromatic rings. The van der Waals surface area contributed by atoms with Gasteiger partial charge in [-0.3, -0.25) is 9.89 Å². The smallest absolute Gasteiger partial charge is 0.241 e. The van der Waals surface area contributed by atoms with E-state index in [0.29, 0.717) is 11.5 Å². The third kappa shape index (κ3) is 3.66. The van der Waals surface area contributed by atoms with E-state index in [2.05, 4.69) is 20.5 Å². The zero-order valence-electron chi connectivity index (χ0n) is 12.6. The summed E-state index contributed by atoms with van der Waals surface area (Å²) in [5.41, 5.74) is 7.47. The summed E-state index contributed by atoms with van der Waals surface area (Å²) < 4.78 is 0. The molecule has 1 aromatic heterocycles. The number of nitrogens with one attached hydrogen (secondary N) is 2. The quantitative estimate of drug-likeness (QED) is 0.784. The number of rotatable bonds is 5. The zero-order chi connectivity index (χ0) is 15.4. The largest absolute Gasteiger partial charge is 0.325 e. The van der Waals surface area contributed by atoms with Gasteiger partial charge in [-0.25, -0.2) is 4.98 Å². The molecule has 0 aliphatic carbocycles. The lowest BCUT2D eigenvalue weighted by Gasteiger charge is -2.17. The summed E-state index contributed by atoms with van der Waals surface area (Å²) in [6.45, 7) is 5.83. The Morgan fingerprint density at radius 2 is 2.24 bits per heavy atom. The van der Waals surface area contributed by atoms with E-state index >= 15 is 0 Å². The lowest BCUT2D eigenvalue weighted by atomic mass is 9.99. The van der Waals surface area contributed by atoms with E-state index in [1.807, 2.05) is 45.0 Å². The standard InChI is InChI=1S/C15H21N5O/c1-4-9(2)13(16)15(21)18-12-7-5-6-11(8-12)14-17-10(3)19-20-14/h5-9,13H,4,16H2,1-3H3,(H,18,21)(H,17,19,20)/t9-,13-/m0/s1. The molecule has 0 aliphatic heterocycles. The lowest BCUT2D eigenvalue weighted by molar-refractivity contribution is -0.118. The van der Waals surface area contributed by atoms with E-state index in [4.69, 9.17) is 5.73 Å². The van der Waals surface area contributed by atoms with E-state index < -0.39 is 6.04 Å². The maximum absolute atomic E-state index is 12.1. The van der Waals surface area contributed by atoms with Gasteiger partial charge in [-0.05, 0) is 25.0 Å². The van der Waals surface area contributed by atoms with Gasteiger partial charge in [0.05, 0.1) is 6.04 Å². The van der Waals surface area contributed by atoms with Crippen LogP contribution in [0.15, 0.2) is 24.3 Å². The lowest BCUT2D eigenvalue weighted by Crippen LogP contribution is -2.40. The molecule has 2 rings (SSSR count). The number of anilines is 1. The number of aryl methyl sites for hydroxylation is 1. The highest BCUT2D eigenvalue weighted by atomic mass is 16.2. The summed E-state index contributed by atoms with van der Waals surface area (Å²) in [7, 11) is 0. The molecule has 4 N–H and O–H groups in total. The molecule has 6 nitrogen and oxygen atoms in total. The molecule has 0 saturated carbocycles. The average molecular weight is 287 g/mol. The summed E-state index contributed by atoms with van der Waals surface area (Å²) in [5, 5.41) is 9.75. The van der Waals surface area contributed by atoms with Crippen molar-refractivity contribution >= 4 is 11.6 Å². The second-order valence-electron chi connectivity index (χ2n) is 5.23. The second kappa shape index (κ2) is 6.49. The van der Waals surface area contributed by atoms with Crippen LogP contribution in [0.1, 0.15) is 26.1 Å². The van der Waals surface area contributed by atoms with Crippen LogP contribution >= 0.6 is 0 Å². The first kappa shape index (κ1) is 15.2. The number of nitrogens with two attached hydrogens (primary N) is 1. The van der Waals surface area contributed by atoms with Gasteiger partial charge in [0, 0.05) is 11.3 Å². The van der Waals surface area contributed by atoms with Crippen LogP contribution < -0.4 is 11.1 Å². The summed E-state index contributed by atoms with van der Waals surface area (Å²) in [4.78, 5) is 16.4. The van der Waals surface area contributed by atoms with Gasteiger partial charge in [0.2, 0.25) is 5.91 Å². The molecule has 1 heterocycles. The third-order valence-electron chi connectivity index (χ3n) is 3.55. The van der Waals surface area contributed by atoms with Gasteiger partial charge in [-0.2, -0.15) is 5.10 Å². The van der Waals surface area contributed by atoms with Crippen LogP contribution in [-0.4, -0.2) is 27.1 Å². The minimum Gasteiger partial charge on any atom is -0.325 e. The van der Waals surface area contributed by atoms with Gasteiger partial charge in [-0.1, -0.05) is 32.4 Å². The van der Waals surface area contributed by atoms with Crippen LogP contribution in [0.4, 0.5) is 5.69 Å². The Bertz CT molecular complexity index is 622. The SMILES string of the molecule is CC[C@H](C)[C@H](N)C(=O)Nc1cccc(-c2n[nH]c(C)n2)c1. The van der Waals surface area contributed by atoms with Crippen LogP contribution in [0, 0.1) is 12.8 Å². The minimum atomic E-state index is -0.510. The van der Waals surface area contributed by atoms with E-state index in [1.54, 1.807) is 0 Å². The van der Waals surface area contributed by atoms with Crippen LogP contribution in [0.2, 0.25) is 0 Å². The maximum atomic E-state index is 12.1. The highest BCUT2D eigenvalue weighted by molar-refractivity contribution is 5.95. The first-order chi connectivity index (χ1) is 10.0. The fourth-order valence-corrected chi connectivity index (χ4v) is 1.95. The summed E-state index contributed by atoms with van der Waals surface area (Å²) in [6.07, 6.45) is 0.866. The maximum Gasteiger partial charge on any atom is 0.241 e. The van der Waals surface area contributed by atoms with Crippen molar-refractivity contribution in [1.29, 1.82) is 0 Å². The van der Waals surface area contributed by atoms with E-state index in [1.165, 1.54) is 0 Å². The van der Waals surface area contributed by atoms with Crippen molar-refractivity contribution in [2.45, 2.75) is 33.2 Å². The number of hydrogen-bond acceptors (Lipinski definition) is 4. The van der Waals surface area contributed by atoms with Crippen LogP contribution in [0.3, 0.4) is 0 Å². The highest BCUT2D eigenvalue weighted by Gasteiger charge is 2.19. The number of benzene rings is 1. The van der Waals surface area contributed by atoms with E-state index in [0.717, 1.165) is 17.8 Å². The number of aromatic amines is 1. The Morgan fingerprint density at radius 3 is 2.86 bits per heavy atom. The van der Waals surface area contributed by atoms with Crippen molar-refractivity contribution in [3.8, 4) is 11.4 Å². The molecule has 112 valence electrons. The van der Waals surface area contributed by atoms with Crippen LogP contribution in [0.25, 0.3) is 11.4 Å². The van der Waals surface area contributed by atoms with Gasteiger partial charge in [0.15, 0.2) is 5.82 Å². The number of carbonyl (C=O) groups is 1. The molecule has 1 amide bonds. The summed E-state index contributed by atoms with van der Waals surface area (Å²) >= 11 is 0. The Morgan fingerprint density at radius 1 is 1.48 bits per heavy atom. The molecule has 0 saturated heterocycles. The van der Waals surface area contributed by atoms with Gasteiger partial charge < -0.3 is 11.1 Å². The predicted octanol–water partition coefficient (Wildman–Crippen LogP) is 2.09. The number of H-pyrrole nitrogens is 1. The van der Waals surface area contributed by atoms with Crippen molar-refractivity contribution in [3.05, 3.63) is 30.1 Å². The highest BCUT2D eigenvalue weighted by Crippen LogP contribution is 2.19. The Kier molecular flexibility index (Phi) is 4.70. The number of aromatic nitrogens is 3. The van der Waals surface area contributed by atoms with E-state index in [-0.39, 0.29) is 11.8 Å². The molecule has 0 radical (unpaired) electrons. The zero-order valence-corrected chi connectivity index (χ0v) is 12.6. The molecule has 0 bridgehead atoms. The molecule has 0 unspecified atom stereocenters. The Hall–Kier alpha value is -2.21. The van der Waals surface area contributed by atoms with Crippen molar-refractivity contribution in [1.82, 2.24) is 15.2 Å².